The van der Waals surface area contributed by atoms with Gasteiger partial charge in [0.15, 0.2) is 0 Å². The molecule has 3 aromatic rings. The van der Waals surface area contributed by atoms with Crippen molar-refractivity contribution < 1.29 is 109 Å². The molecule has 0 aliphatic rings. The summed E-state index contributed by atoms with van der Waals surface area (Å²) in [5.74, 6) is -2.42. The second-order valence-electron chi connectivity index (χ2n) is 11.2. The first-order chi connectivity index (χ1) is 24.7. The van der Waals surface area contributed by atoms with Crippen LogP contribution in [-0.2, 0) is 0 Å². The molecule has 0 heterocycles. The standard InChI is InChI=1S/C30H20F18O6S/c31-25(32,33)22(49,26(34,35)36)12-52-16-9-7-15(8-10-16)21-19(54-14-24(51,29(43,44)45)30(46,47)48)5-2-6-20(21)55-18-4-1-3-17(11-18)53-13-23(50,27(37,38)39)28(40,41)42/h1-11,49-51H,12-14H2. The number of ether oxygens (including phenoxy) is 3. The van der Waals surface area contributed by atoms with E-state index in [4.69, 9.17) is 4.74 Å². The molecule has 0 bridgehead atoms. The smallest absolute Gasteiger partial charge is 0.429 e. The van der Waals surface area contributed by atoms with Gasteiger partial charge in [0.1, 0.15) is 37.1 Å². The SMILES string of the molecule is OC(COc1ccc(-c2c(OCC(O)(C(F)(F)F)C(F)(F)F)cccc2Sc2cccc(OCC(O)(C(F)(F)F)C(F)(F)F)c2)cc1)(C(F)(F)F)C(F)(F)F. The second kappa shape index (κ2) is 15.2. The highest BCUT2D eigenvalue weighted by Crippen LogP contribution is 2.48. The van der Waals surface area contributed by atoms with Crippen molar-refractivity contribution in [1.82, 2.24) is 0 Å². The molecule has 0 spiro atoms. The monoisotopic (exact) mass is 850 g/mol. The van der Waals surface area contributed by atoms with Crippen LogP contribution in [0.5, 0.6) is 17.2 Å². The molecule has 3 rings (SSSR count). The zero-order chi connectivity index (χ0) is 42.3. The Balaban J connectivity index is 2.07. The third kappa shape index (κ3) is 9.53. The molecule has 308 valence electrons. The van der Waals surface area contributed by atoms with Crippen LogP contribution in [0.1, 0.15) is 0 Å². The Morgan fingerprint density at radius 2 is 0.818 bits per heavy atom. The van der Waals surface area contributed by atoms with E-state index in [2.05, 4.69) is 9.47 Å². The van der Waals surface area contributed by atoms with E-state index in [0.717, 1.165) is 54.6 Å². The number of hydrogen-bond donors (Lipinski definition) is 3. The quantitative estimate of drug-likeness (QED) is 0.157. The van der Waals surface area contributed by atoms with Crippen molar-refractivity contribution in [1.29, 1.82) is 0 Å². The van der Waals surface area contributed by atoms with Gasteiger partial charge in [-0.15, -0.1) is 0 Å². The highest BCUT2D eigenvalue weighted by Gasteiger charge is 2.73. The average Bonchev–Trinajstić information content (AvgIpc) is 3.02. The van der Waals surface area contributed by atoms with Crippen LogP contribution in [0.3, 0.4) is 0 Å². The average molecular weight is 851 g/mol. The first-order valence-electron chi connectivity index (χ1n) is 14.2. The summed E-state index contributed by atoms with van der Waals surface area (Å²) in [5, 5.41) is 28.2. The van der Waals surface area contributed by atoms with Gasteiger partial charge in [-0.3, -0.25) is 0 Å². The van der Waals surface area contributed by atoms with Crippen molar-refractivity contribution in [2.45, 2.75) is 63.7 Å². The summed E-state index contributed by atoms with van der Waals surface area (Å²) in [5.41, 5.74) is -17.0. The predicted octanol–water partition coefficient (Wildman–Crippen LogP) is 9.21. The summed E-state index contributed by atoms with van der Waals surface area (Å²) in [6.07, 6.45) is -37.9. The highest BCUT2D eigenvalue weighted by molar-refractivity contribution is 7.99. The third-order valence-electron chi connectivity index (χ3n) is 7.31. The summed E-state index contributed by atoms with van der Waals surface area (Å²) in [7, 11) is 0. The van der Waals surface area contributed by atoms with E-state index in [1.165, 1.54) is 0 Å². The van der Waals surface area contributed by atoms with Crippen LogP contribution in [0, 0.1) is 0 Å². The van der Waals surface area contributed by atoms with Gasteiger partial charge in [-0.1, -0.05) is 36.0 Å². The lowest BCUT2D eigenvalue weighted by Gasteiger charge is -2.32. The lowest BCUT2D eigenvalue weighted by Crippen LogP contribution is -2.60. The van der Waals surface area contributed by atoms with Crippen LogP contribution in [0.2, 0.25) is 0 Å². The van der Waals surface area contributed by atoms with Gasteiger partial charge >= 0.3 is 37.1 Å². The number of aliphatic hydroxyl groups is 3. The molecule has 0 saturated carbocycles. The molecule has 0 unspecified atom stereocenters. The van der Waals surface area contributed by atoms with E-state index < -0.39 is 96.5 Å². The highest BCUT2D eigenvalue weighted by atomic mass is 32.2. The Hall–Kier alpha value is -3.97. The van der Waals surface area contributed by atoms with E-state index in [1.54, 1.807) is 0 Å². The van der Waals surface area contributed by atoms with Crippen molar-refractivity contribution in [3.8, 4) is 28.4 Å². The minimum Gasteiger partial charge on any atom is -0.490 e. The first-order valence-corrected chi connectivity index (χ1v) is 15.0. The normalized spacial score (nSPS) is 14.2. The molecule has 55 heavy (non-hydrogen) atoms. The van der Waals surface area contributed by atoms with Gasteiger partial charge in [0.2, 0.25) is 0 Å². The van der Waals surface area contributed by atoms with Gasteiger partial charge in [0.25, 0.3) is 16.8 Å². The van der Waals surface area contributed by atoms with Gasteiger partial charge in [-0.2, -0.15) is 79.0 Å². The summed E-state index contributed by atoms with van der Waals surface area (Å²) < 4.78 is 251. The van der Waals surface area contributed by atoms with Crippen LogP contribution in [0.4, 0.5) is 79.0 Å². The molecule has 0 radical (unpaired) electrons. The fraction of sp³-hybridized carbons (Fsp3) is 0.400. The molecule has 3 aromatic carbocycles. The van der Waals surface area contributed by atoms with Gasteiger partial charge in [-0.25, -0.2) is 0 Å². The van der Waals surface area contributed by atoms with Gasteiger partial charge in [-0.05, 0) is 48.0 Å². The number of halogens is 18. The predicted molar refractivity (Wildman–Crippen MR) is 150 cm³/mol. The van der Waals surface area contributed by atoms with Crippen molar-refractivity contribution in [3.05, 3.63) is 66.7 Å². The van der Waals surface area contributed by atoms with Crippen molar-refractivity contribution in [3.63, 3.8) is 0 Å². The minimum atomic E-state index is -6.38. The molecule has 0 saturated heterocycles. The van der Waals surface area contributed by atoms with Crippen LogP contribution in [0.25, 0.3) is 11.1 Å². The Morgan fingerprint density at radius 3 is 1.24 bits per heavy atom. The zero-order valence-corrected chi connectivity index (χ0v) is 27.1. The van der Waals surface area contributed by atoms with Crippen LogP contribution < -0.4 is 14.2 Å². The summed E-state index contributed by atoms with van der Waals surface area (Å²) in [6, 6.07) is 9.48. The molecular formula is C30H20F18O6S. The van der Waals surface area contributed by atoms with E-state index in [0.29, 0.717) is 23.9 Å². The van der Waals surface area contributed by atoms with Gasteiger partial charge in [0.05, 0.1) is 0 Å². The molecule has 3 N–H and O–H groups in total. The van der Waals surface area contributed by atoms with Crippen molar-refractivity contribution >= 4 is 11.8 Å². The third-order valence-corrected chi connectivity index (χ3v) is 8.36. The molecule has 0 amide bonds. The Morgan fingerprint density at radius 1 is 0.436 bits per heavy atom. The molecule has 0 aliphatic heterocycles. The molecule has 25 heteroatoms. The van der Waals surface area contributed by atoms with Crippen molar-refractivity contribution in [2.75, 3.05) is 19.8 Å². The fourth-order valence-corrected chi connectivity index (χ4v) is 5.05. The maximum atomic E-state index is 13.4. The first kappa shape index (κ1) is 45.4. The maximum Gasteiger partial charge on any atom is 0.429 e. The Kier molecular flexibility index (Phi) is 12.5. The minimum absolute atomic E-state index is 0.168. The summed E-state index contributed by atoms with van der Waals surface area (Å²) >= 11 is 0.461. The summed E-state index contributed by atoms with van der Waals surface area (Å²) in [4.78, 5) is -0.421. The number of alkyl halides is 18. The Labute approximate surface area is 299 Å². The lowest BCUT2D eigenvalue weighted by molar-refractivity contribution is -0.374. The van der Waals surface area contributed by atoms with E-state index in [1.807, 2.05) is 0 Å². The molecule has 0 fully saturated rings. The number of rotatable bonds is 12. The van der Waals surface area contributed by atoms with E-state index in [-0.39, 0.29) is 15.4 Å². The Bertz CT molecular complexity index is 1720. The van der Waals surface area contributed by atoms with Crippen LogP contribution in [0.15, 0.2) is 76.5 Å². The number of benzene rings is 3. The largest absolute Gasteiger partial charge is 0.490 e. The molecule has 0 atom stereocenters. The number of hydrogen-bond acceptors (Lipinski definition) is 7. The van der Waals surface area contributed by atoms with E-state index in [9.17, 15) is 94.3 Å². The zero-order valence-electron chi connectivity index (χ0n) is 26.3. The molecule has 0 aromatic heterocycles. The van der Waals surface area contributed by atoms with Crippen LogP contribution >= 0.6 is 11.8 Å². The van der Waals surface area contributed by atoms with E-state index >= 15 is 0 Å². The maximum absolute atomic E-state index is 13.4. The summed E-state index contributed by atoms with van der Waals surface area (Å²) in [6.45, 7) is -7.38. The fourth-order valence-electron chi connectivity index (χ4n) is 4.00. The topological polar surface area (TPSA) is 88.4 Å². The molecule has 0 aliphatic carbocycles. The van der Waals surface area contributed by atoms with Crippen LogP contribution in [-0.4, -0.2) is 89.0 Å². The second-order valence-corrected chi connectivity index (χ2v) is 12.3. The molecular weight excluding hydrogens is 830 g/mol. The van der Waals surface area contributed by atoms with Gasteiger partial charge < -0.3 is 29.5 Å². The van der Waals surface area contributed by atoms with Crippen molar-refractivity contribution in [2.24, 2.45) is 0 Å². The molecule has 6 nitrogen and oxygen atoms in total. The van der Waals surface area contributed by atoms with Gasteiger partial charge in [0, 0.05) is 15.4 Å². The lowest BCUT2D eigenvalue weighted by atomic mass is 10.0.